The second-order valence-corrected chi connectivity index (χ2v) is 8.81. The van der Waals surface area contributed by atoms with Crippen LogP contribution < -0.4 is 0 Å². The van der Waals surface area contributed by atoms with E-state index in [1.807, 2.05) is 51.1 Å². The highest BCUT2D eigenvalue weighted by Crippen LogP contribution is 2.46. The number of ether oxygens (including phenoxy) is 1. The molecule has 0 fully saturated rings. The molecular formula is C26H28N2O3. The Kier molecular flexibility index (Phi) is 6.12. The van der Waals surface area contributed by atoms with Crippen molar-refractivity contribution in [2.45, 2.75) is 45.4 Å². The summed E-state index contributed by atoms with van der Waals surface area (Å²) in [6, 6.07) is 13.9. The number of carbonyl (C=O) groups is 2. The van der Waals surface area contributed by atoms with Crippen molar-refractivity contribution >= 4 is 17.5 Å². The van der Waals surface area contributed by atoms with E-state index in [4.69, 9.17) is 9.73 Å². The minimum absolute atomic E-state index is 0.0647. The molecule has 2 aliphatic rings. The van der Waals surface area contributed by atoms with Gasteiger partial charge in [-0.2, -0.15) is 0 Å². The number of Topliss-reactive ketones (excluding diaryl/α,β-unsaturated/α-hetero) is 1. The number of carbonyl (C=O) groups excluding carboxylic acids is 2. The number of esters is 1. The van der Waals surface area contributed by atoms with Crippen molar-refractivity contribution in [1.29, 1.82) is 0 Å². The summed E-state index contributed by atoms with van der Waals surface area (Å²) in [5.41, 5.74) is 4.22. The first-order valence-electron chi connectivity index (χ1n) is 10.9. The highest BCUT2D eigenvalue weighted by Gasteiger charge is 2.44. The minimum atomic E-state index is -0.600. The lowest BCUT2D eigenvalue weighted by Gasteiger charge is -2.36. The van der Waals surface area contributed by atoms with Crippen molar-refractivity contribution in [1.82, 2.24) is 4.98 Å². The molecule has 1 aromatic carbocycles. The topological polar surface area (TPSA) is 68.6 Å². The fraction of sp³-hybridized carbons (Fsp3) is 0.385. The van der Waals surface area contributed by atoms with Crippen molar-refractivity contribution in [2.24, 2.45) is 16.8 Å². The van der Waals surface area contributed by atoms with Gasteiger partial charge >= 0.3 is 5.97 Å². The Labute approximate surface area is 183 Å². The molecule has 0 radical (unpaired) electrons. The van der Waals surface area contributed by atoms with Crippen LogP contribution in [-0.4, -0.2) is 29.1 Å². The Bertz CT molecular complexity index is 1030. The molecule has 1 aliphatic carbocycles. The Morgan fingerprint density at radius 2 is 1.77 bits per heavy atom. The first-order valence-corrected chi connectivity index (χ1v) is 10.9. The van der Waals surface area contributed by atoms with Gasteiger partial charge in [-0.25, -0.2) is 0 Å². The molecule has 0 N–H and O–H groups in total. The van der Waals surface area contributed by atoms with Crippen LogP contribution in [0.4, 0.5) is 0 Å². The first-order chi connectivity index (χ1) is 15.0. The molecule has 3 atom stereocenters. The number of ketones is 1. The van der Waals surface area contributed by atoms with Gasteiger partial charge in [-0.15, -0.1) is 0 Å². The van der Waals surface area contributed by atoms with Gasteiger partial charge in [0.2, 0.25) is 0 Å². The summed E-state index contributed by atoms with van der Waals surface area (Å²) in [7, 11) is 0. The highest BCUT2D eigenvalue weighted by molar-refractivity contribution is 6.09. The molecule has 0 spiro atoms. The molecule has 1 aliphatic heterocycles. The molecule has 31 heavy (non-hydrogen) atoms. The number of rotatable bonds is 5. The van der Waals surface area contributed by atoms with E-state index >= 15 is 0 Å². The van der Waals surface area contributed by atoms with Gasteiger partial charge in [-0.1, -0.05) is 44.2 Å². The predicted octanol–water partition coefficient (Wildman–Crippen LogP) is 4.86. The second-order valence-electron chi connectivity index (χ2n) is 8.81. The quantitative estimate of drug-likeness (QED) is 0.653. The number of benzene rings is 1. The lowest BCUT2D eigenvalue weighted by Crippen LogP contribution is -2.38. The summed E-state index contributed by atoms with van der Waals surface area (Å²) in [6.07, 6.45) is 4.52. The van der Waals surface area contributed by atoms with Gasteiger partial charge in [-0.3, -0.25) is 19.6 Å². The highest BCUT2D eigenvalue weighted by atomic mass is 16.5. The van der Waals surface area contributed by atoms with Gasteiger partial charge < -0.3 is 4.74 Å². The van der Waals surface area contributed by atoms with E-state index in [-0.39, 0.29) is 29.5 Å². The lowest BCUT2D eigenvalue weighted by atomic mass is 9.69. The maximum atomic E-state index is 13.4. The third-order valence-corrected chi connectivity index (χ3v) is 6.04. The zero-order valence-electron chi connectivity index (χ0n) is 18.2. The number of nitrogens with zero attached hydrogens (tertiary/aromatic N) is 2. The molecule has 1 unspecified atom stereocenters. The number of pyridine rings is 1. The van der Waals surface area contributed by atoms with Crippen LogP contribution in [0, 0.1) is 11.8 Å². The van der Waals surface area contributed by atoms with Crippen LogP contribution in [0.1, 0.15) is 56.6 Å². The van der Waals surface area contributed by atoms with Crippen molar-refractivity contribution in [2.75, 3.05) is 6.61 Å². The van der Waals surface area contributed by atoms with E-state index in [2.05, 4.69) is 17.1 Å². The van der Waals surface area contributed by atoms with Crippen molar-refractivity contribution in [3.8, 4) is 0 Å². The van der Waals surface area contributed by atoms with Gasteiger partial charge in [0.1, 0.15) is 5.92 Å². The van der Waals surface area contributed by atoms with Gasteiger partial charge in [-0.05, 0) is 48.4 Å². The number of allylic oxidation sites excluding steroid dienone is 2. The van der Waals surface area contributed by atoms with Crippen LogP contribution in [0.3, 0.4) is 0 Å². The zero-order valence-corrected chi connectivity index (χ0v) is 18.2. The second kappa shape index (κ2) is 8.96. The van der Waals surface area contributed by atoms with Crippen LogP contribution in [0.5, 0.6) is 0 Å². The third-order valence-electron chi connectivity index (χ3n) is 6.04. The number of aliphatic imine (C=N–C) groups is 1. The molecule has 0 amide bonds. The SMILES string of the molecule is CC1=NC2=C(C(=O)C[C@H](c3ccccc3)C2)[C@@H](c2ccncc2)C1C(=O)OCC(C)C. The number of hydrogen-bond donors (Lipinski definition) is 0. The molecule has 4 rings (SSSR count). The summed E-state index contributed by atoms with van der Waals surface area (Å²) in [5.74, 6) is -0.902. The summed E-state index contributed by atoms with van der Waals surface area (Å²) in [6.45, 7) is 6.23. The number of hydrogen-bond acceptors (Lipinski definition) is 5. The van der Waals surface area contributed by atoms with Gasteiger partial charge in [0.05, 0.1) is 6.61 Å². The Morgan fingerprint density at radius 1 is 1.06 bits per heavy atom. The predicted molar refractivity (Wildman–Crippen MR) is 120 cm³/mol. The molecule has 2 aromatic rings. The van der Waals surface area contributed by atoms with Crippen LogP contribution in [0.15, 0.2) is 71.1 Å². The van der Waals surface area contributed by atoms with E-state index < -0.39 is 5.92 Å². The van der Waals surface area contributed by atoms with Crippen LogP contribution in [-0.2, 0) is 14.3 Å². The molecule has 0 bridgehead atoms. The minimum Gasteiger partial charge on any atom is -0.465 e. The molecule has 5 heteroatoms. The van der Waals surface area contributed by atoms with Crippen molar-refractivity contribution in [3.05, 3.63) is 77.3 Å². The van der Waals surface area contributed by atoms with Crippen LogP contribution in [0.25, 0.3) is 0 Å². The maximum Gasteiger partial charge on any atom is 0.315 e. The summed E-state index contributed by atoms with van der Waals surface area (Å²) >= 11 is 0. The molecule has 160 valence electrons. The normalized spacial score (nSPS) is 23.4. The van der Waals surface area contributed by atoms with Crippen molar-refractivity contribution in [3.63, 3.8) is 0 Å². The molecule has 1 aromatic heterocycles. The Morgan fingerprint density at radius 3 is 2.45 bits per heavy atom. The standard InChI is InChI=1S/C26H28N2O3/c1-16(2)15-31-26(30)23-17(3)28-21-13-20(18-7-5-4-6-8-18)14-22(29)25(21)24(23)19-9-11-27-12-10-19/h4-12,16,20,23-24H,13-15H2,1-3H3/t20-,23?,24+/m1/s1. The average molecular weight is 417 g/mol. The summed E-state index contributed by atoms with van der Waals surface area (Å²) < 4.78 is 5.60. The molecule has 5 nitrogen and oxygen atoms in total. The number of aromatic nitrogens is 1. The van der Waals surface area contributed by atoms with E-state index in [9.17, 15) is 9.59 Å². The van der Waals surface area contributed by atoms with Crippen LogP contribution >= 0.6 is 0 Å². The fourth-order valence-corrected chi connectivity index (χ4v) is 4.60. The van der Waals surface area contributed by atoms with Crippen molar-refractivity contribution < 1.29 is 14.3 Å². The lowest BCUT2D eigenvalue weighted by molar-refractivity contribution is -0.147. The smallest absolute Gasteiger partial charge is 0.315 e. The Balaban J connectivity index is 1.75. The van der Waals surface area contributed by atoms with E-state index in [0.717, 1.165) is 16.8 Å². The maximum absolute atomic E-state index is 13.4. The summed E-state index contributed by atoms with van der Waals surface area (Å²) in [4.78, 5) is 35.5. The van der Waals surface area contributed by atoms with Gasteiger partial charge in [0, 0.05) is 41.7 Å². The van der Waals surface area contributed by atoms with Gasteiger partial charge in [0.25, 0.3) is 0 Å². The molecule has 0 saturated carbocycles. The van der Waals surface area contributed by atoms with Crippen LogP contribution in [0.2, 0.25) is 0 Å². The summed E-state index contributed by atoms with van der Waals surface area (Å²) in [5, 5.41) is 0. The largest absolute Gasteiger partial charge is 0.465 e. The average Bonchev–Trinajstić information content (AvgIpc) is 2.77. The zero-order chi connectivity index (χ0) is 22.0. The van der Waals surface area contributed by atoms with E-state index in [0.29, 0.717) is 30.7 Å². The Hall–Kier alpha value is -3.08. The first kappa shape index (κ1) is 21.2. The third kappa shape index (κ3) is 4.36. The fourth-order valence-electron chi connectivity index (χ4n) is 4.60. The molecular weight excluding hydrogens is 388 g/mol. The van der Waals surface area contributed by atoms with Gasteiger partial charge in [0.15, 0.2) is 5.78 Å². The molecule has 0 saturated heterocycles. The monoisotopic (exact) mass is 416 g/mol. The van der Waals surface area contributed by atoms with E-state index in [1.54, 1.807) is 12.4 Å². The molecule has 2 heterocycles. The van der Waals surface area contributed by atoms with E-state index in [1.165, 1.54) is 0 Å².